The third-order valence-corrected chi connectivity index (χ3v) is 3.07. The summed E-state index contributed by atoms with van der Waals surface area (Å²) >= 11 is 0. The van der Waals surface area contributed by atoms with E-state index in [1.54, 1.807) is 7.11 Å². The first-order chi connectivity index (χ1) is 11.1. The normalized spacial score (nSPS) is 11.1. The van der Waals surface area contributed by atoms with E-state index in [4.69, 9.17) is 10.5 Å². The number of benzene rings is 1. The van der Waals surface area contributed by atoms with Gasteiger partial charge in [-0.25, -0.2) is 4.98 Å². The van der Waals surface area contributed by atoms with Crippen molar-refractivity contribution in [2.24, 2.45) is 10.7 Å². The molecule has 1 aromatic heterocycles. The van der Waals surface area contributed by atoms with Crippen LogP contribution in [0.1, 0.15) is 5.56 Å². The van der Waals surface area contributed by atoms with Crippen molar-refractivity contribution >= 4 is 17.5 Å². The number of nitrogens with one attached hydrogen (secondary N) is 1. The summed E-state index contributed by atoms with van der Waals surface area (Å²) in [7, 11) is 1.61. The average molecular weight is 315 g/mol. The molecule has 8 heteroatoms. The fourth-order valence-electron chi connectivity index (χ4n) is 1.90. The van der Waals surface area contributed by atoms with Crippen LogP contribution in [0.3, 0.4) is 0 Å². The van der Waals surface area contributed by atoms with Crippen LogP contribution in [0.4, 0.5) is 11.5 Å². The molecule has 0 aliphatic heterocycles. The molecule has 120 valence electrons. The smallest absolute Gasteiger partial charge is 0.311 e. The molecule has 0 unspecified atom stereocenters. The van der Waals surface area contributed by atoms with Crippen LogP contribution in [0.5, 0.6) is 5.75 Å². The van der Waals surface area contributed by atoms with Crippen molar-refractivity contribution in [1.29, 1.82) is 0 Å². The Morgan fingerprint density at radius 2 is 2.13 bits per heavy atom. The van der Waals surface area contributed by atoms with Gasteiger partial charge in [-0.05, 0) is 30.2 Å². The SMILES string of the molecule is COc1ccc(CCN=C(N)Nc2ncccc2[N+](=O)[O-])cc1. The Kier molecular flexibility index (Phi) is 5.45. The van der Waals surface area contributed by atoms with Gasteiger partial charge in [0.05, 0.1) is 12.0 Å². The summed E-state index contributed by atoms with van der Waals surface area (Å²) in [6.45, 7) is 0.450. The van der Waals surface area contributed by atoms with Gasteiger partial charge in [0.2, 0.25) is 5.82 Å². The molecule has 0 atom stereocenters. The van der Waals surface area contributed by atoms with E-state index in [9.17, 15) is 10.1 Å². The van der Waals surface area contributed by atoms with E-state index < -0.39 is 4.92 Å². The zero-order valence-corrected chi connectivity index (χ0v) is 12.6. The van der Waals surface area contributed by atoms with Crippen molar-refractivity contribution < 1.29 is 9.66 Å². The highest BCUT2D eigenvalue weighted by Crippen LogP contribution is 2.19. The zero-order valence-electron chi connectivity index (χ0n) is 12.6. The van der Waals surface area contributed by atoms with Crippen LogP contribution in [0.15, 0.2) is 47.6 Å². The molecule has 23 heavy (non-hydrogen) atoms. The van der Waals surface area contributed by atoms with E-state index in [1.807, 2.05) is 24.3 Å². The highest BCUT2D eigenvalue weighted by Gasteiger charge is 2.14. The Morgan fingerprint density at radius 3 is 2.78 bits per heavy atom. The Bertz CT molecular complexity index is 701. The lowest BCUT2D eigenvalue weighted by Gasteiger charge is -2.05. The number of methoxy groups -OCH3 is 1. The lowest BCUT2D eigenvalue weighted by Crippen LogP contribution is -2.24. The molecule has 0 saturated heterocycles. The lowest BCUT2D eigenvalue weighted by atomic mass is 10.1. The molecule has 0 aliphatic rings. The summed E-state index contributed by atoms with van der Waals surface area (Å²) in [4.78, 5) is 18.4. The number of aliphatic imine (C=N–C) groups is 1. The molecule has 2 aromatic rings. The van der Waals surface area contributed by atoms with Crippen LogP contribution in [0.2, 0.25) is 0 Å². The van der Waals surface area contributed by atoms with Crippen LogP contribution < -0.4 is 15.8 Å². The predicted octanol–water partition coefficient (Wildman–Crippen LogP) is 1.97. The summed E-state index contributed by atoms with van der Waals surface area (Å²) in [5, 5.41) is 13.5. The van der Waals surface area contributed by atoms with Gasteiger partial charge in [-0.1, -0.05) is 12.1 Å². The van der Waals surface area contributed by atoms with E-state index in [0.717, 1.165) is 11.3 Å². The van der Waals surface area contributed by atoms with E-state index in [-0.39, 0.29) is 17.5 Å². The number of hydrogen-bond acceptors (Lipinski definition) is 5. The Labute approximate surface area is 133 Å². The minimum atomic E-state index is -0.528. The van der Waals surface area contributed by atoms with Crippen LogP contribution in [-0.2, 0) is 6.42 Å². The fraction of sp³-hybridized carbons (Fsp3) is 0.200. The first-order valence-electron chi connectivity index (χ1n) is 6.89. The van der Waals surface area contributed by atoms with Crippen LogP contribution >= 0.6 is 0 Å². The highest BCUT2D eigenvalue weighted by atomic mass is 16.6. The van der Waals surface area contributed by atoms with Crippen LogP contribution in [-0.4, -0.2) is 29.5 Å². The second-order valence-corrected chi connectivity index (χ2v) is 4.62. The van der Waals surface area contributed by atoms with E-state index in [1.165, 1.54) is 18.3 Å². The number of nitrogens with zero attached hydrogens (tertiary/aromatic N) is 3. The van der Waals surface area contributed by atoms with Gasteiger partial charge >= 0.3 is 5.69 Å². The number of nitro groups is 1. The number of aromatic nitrogens is 1. The van der Waals surface area contributed by atoms with Gasteiger partial charge in [0.15, 0.2) is 5.96 Å². The largest absolute Gasteiger partial charge is 0.497 e. The fourth-order valence-corrected chi connectivity index (χ4v) is 1.90. The highest BCUT2D eigenvalue weighted by molar-refractivity contribution is 5.93. The van der Waals surface area contributed by atoms with Crippen molar-refractivity contribution in [3.05, 3.63) is 58.3 Å². The Hall–Kier alpha value is -3.16. The first-order valence-corrected chi connectivity index (χ1v) is 6.89. The molecule has 0 saturated carbocycles. The molecule has 0 spiro atoms. The Balaban J connectivity index is 1.94. The third-order valence-electron chi connectivity index (χ3n) is 3.07. The van der Waals surface area contributed by atoms with Gasteiger partial charge in [0.25, 0.3) is 0 Å². The van der Waals surface area contributed by atoms with Crippen LogP contribution in [0, 0.1) is 10.1 Å². The maximum absolute atomic E-state index is 10.9. The average Bonchev–Trinajstić information content (AvgIpc) is 2.56. The summed E-state index contributed by atoms with van der Waals surface area (Å²) in [6, 6.07) is 10.5. The van der Waals surface area contributed by atoms with Crippen molar-refractivity contribution in [1.82, 2.24) is 4.98 Å². The maximum Gasteiger partial charge on any atom is 0.311 e. The molecule has 1 heterocycles. The number of pyridine rings is 1. The molecule has 2 rings (SSSR count). The molecule has 0 fully saturated rings. The van der Waals surface area contributed by atoms with E-state index >= 15 is 0 Å². The van der Waals surface area contributed by atoms with Gasteiger partial charge in [0.1, 0.15) is 5.75 Å². The molecule has 0 amide bonds. The molecular weight excluding hydrogens is 298 g/mol. The summed E-state index contributed by atoms with van der Waals surface area (Å²) in [6.07, 6.45) is 2.14. The number of nitrogens with two attached hydrogens (primary N) is 1. The first kappa shape index (κ1) is 16.2. The second kappa shape index (κ2) is 7.74. The quantitative estimate of drug-likeness (QED) is 0.364. The van der Waals surface area contributed by atoms with Crippen molar-refractivity contribution in [3.8, 4) is 5.75 Å². The molecule has 1 aromatic carbocycles. The van der Waals surface area contributed by atoms with Crippen molar-refractivity contribution in [3.63, 3.8) is 0 Å². The molecule has 0 aliphatic carbocycles. The van der Waals surface area contributed by atoms with Gasteiger partial charge in [-0.2, -0.15) is 0 Å². The number of anilines is 1. The van der Waals surface area contributed by atoms with Gasteiger partial charge in [-0.3, -0.25) is 15.1 Å². The molecule has 8 nitrogen and oxygen atoms in total. The van der Waals surface area contributed by atoms with Crippen molar-refractivity contribution in [2.45, 2.75) is 6.42 Å². The van der Waals surface area contributed by atoms with Gasteiger partial charge < -0.3 is 15.8 Å². The van der Waals surface area contributed by atoms with Gasteiger partial charge in [-0.15, -0.1) is 0 Å². The summed E-state index contributed by atoms with van der Waals surface area (Å²) < 4.78 is 5.09. The van der Waals surface area contributed by atoms with Gasteiger partial charge in [0, 0.05) is 18.8 Å². The number of ether oxygens (including phenoxy) is 1. The molecular formula is C15H17N5O3. The zero-order chi connectivity index (χ0) is 16.7. The second-order valence-electron chi connectivity index (χ2n) is 4.62. The van der Waals surface area contributed by atoms with E-state index in [2.05, 4.69) is 15.3 Å². The Morgan fingerprint density at radius 1 is 1.39 bits per heavy atom. The van der Waals surface area contributed by atoms with Crippen LogP contribution in [0.25, 0.3) is 0 Å². The molecule has 0 bridgehead atoms. The maximum atomic E-state index is 10.9. The van der Waals surface area contributed by atoms with E-state index in [0.29, 0.717) is 13.0 Å². The summed E-state index contributed by atoms with van der Waals surface area (Å²) in [5.74, 6) is 0.949. The number of rotatable bonds is 6. The lowest BCUT2D eigenvalue weighted by molar-refractivity contribution is -0.384. The number of hydrogen-bond donors (Lipinski definition) is 2. The standard InChI is InChI=1S/C15H17N5O3/c1-23-12-6-4-11(5-7-12)8-10-18-15(16)19-14-13(20(21)22)3-2-9-17-14/h2-7,9H,8,10H2,1H3,(H3,16,17,18,19). The topological polar surface area (TPSA) is 116 Å². The minimum absolute atomic E-state index is 0.0724. The third kappa shape index (κ3) is 4.67. The molecule has 0 radical (unpaired) electrons. The predicted molar refractivity (Wildman–Crippen MR) is 87.7 cm³/mol. The minimum Gasteiger partial charge on any atom is -0.497 e. The summed E-state index contributed by atoms with van der Waals surface area (Å²) in [5.41, 5.74) is 6.68. The molecule has 3 N–H and O–H groups in total. The number of guanidine groups is 1. The van der Waals surface area contributed by atoms with Crippen molar-refractivity contribution in [2.75, 3.05) is 19.0 Å². The monoisotopic (exact) mass is 315 g/mol.